The number of hydrogen-bond donors (Lipinski definition) is 0. The summed E-state index contributed by atoms with van der Waals surface area (Å²) in [4.78, 5) is 14.0. The first-order valence-corrected chi connectivity index (χ1v) is 6.72. The highest BCUT2D eigenvalue weighted by Gasteiger charge is 2.61. The van der Waals surface area contributed by atoms with Gasteiger partial charge < -0.3 is 9.64 Å². The van der Waals surface area contributed by atoms with Crippen LogP contribution in [0, 0.1) is 0 Å². The molecule has 17 heavy (non-hydrogen) atoms. The molecule has 0 bridgehead atoms. The molecule has 88 valence electrons. The third kappa shape index (κ3) is 1.60. The summed E-state index contributed by atoms with van der Waals surface area (Å²) in [6.07, 6.45) is 0. The number of nitrogens with zero attached hydrogens (tertiary/aromatic N) is 1. The largest absolute Gasteiger partial charge is 0.354 e. The zero-order valence-corrected chi connectivity index (χ0v) is 12.0. The Morgan fingerprint density at radius 2 is 2.29 bits per heavy atom. The lowest BCUT2D eigenvalue weighted by Gasteiger charge is -2.16. The molecular formula is C12H9Br2NO2. The Hall–Kier alpha value is -0.650. The molecule has 1 aromatic carbocycles. The van der Waals surface area contributed by atoms with Gasteiger partial charge in [0, 0.05) is 14.5 Å². The zero-order valence-electron chi connectivity index (χ0n) is 8.87. The van der Waals surface area contributed by atoms with Gasteiger partial charge in [0.2, 0.25) is 0 Å². The summed E-state index contributed by atoms with van der Waals surface area (Å²) in [6.45, 7) is 4.73. The van der Waals surface area contributed by atoms with Crippen molar-refractivity contribution in [3.63, 3.8) is 0 Å². The van der Waals surface area contributed by atoms with Gasteiger partial charge in [0.1, 0.15) is 0 Å². The molecule has 1 saturated heterocycles. The first-order valence-electron chi connectivity index (χ1n) is 5.14. The van der Waals surface area contributed by atoms with Crippen molar-refractivity contribution in [1.29, 1.82) is 0 Å². The molecule has 1 fully saturated rings. The molecule has 3 nitrogen and oxygen atoms in total. The van der Waals surface area contributed by atoms with Gasteiger partial charge >= 0.3 is 0 Å². The molecule has 1 amide bonds. The number of epoxide rings is 1. The first kappa shape index (κ1) is 11.4. The standard InChI is InChI=1S/C12H9Br2NO2/c1-7(13)5-15-10-3-2-8(14)4-9(10)12(6-17-12)11(15)16/h2-4H,1,5-6H2. The van der Waals surface area contributed by atoms with Crippen molar-refractivity contribution < 1.29 is 9.53 Å². The molecule has 2 heterocycles. The van der Waals surface area contributed by atoms with Gasteiger partial charge in [-0.05, 0) is 18.2 Å². The SMILES string of the molecule is C=C(Br)CN1C(=O)C2(CO2)c2cc(Br)ccc21. The molecular weight excluding hydrogens is 350 g/mol. The second-order valence-electron chi connectivity index (χ2n) is 4.19. The van der Waals surface area contributed by atoms with E-state index in [2.05, 4.69) is 38.4 Å². The van der Waals surface area contributed by atoms with Crippen molar-refractivity contribution in [2.24, 2.45) is 0 Å². The van der Waals surface area contributed by atoms with Crippen LogP contribution in [0.3, 0.4) is 0 Å². The van der Waals surface area contributed by atoms with Gasteiger partial charge in [-0.3, -0.25) is 4.79 Å². The number of hydrogen-bond acceptors (Lipinski definition) is 2. The van der Waals surface area contributed by atoms with E-state index >= 15 is 0 Å². The number of fused-ring (bicyclic) bond motifs is 2. The number of ether oxygens (including phenoxy) is 1. The summed E-state index contributed by atoms with van der Waals surface area (Å²) < 4.78 is 7.14. The minimum Gasteiger partial charge on any atom is -0.354 e. The van der Waals surface area contributed by atoms with E-state index in [0.717, 1.165) is 20.2 Å². The Morgan fingerprint density at radius 1 is 1.59 bits per heavy atom. The lowest BCUT2D eigenvalue weighted by atomic mass is 10.0. The average molecular weight is 359 g/mol. The van der Waals surface area contributed by atoms with Crippen molar-refractivity contribution in [2.75, 3.05) is 18.1 Å². The number of carbonyl (C=O) groups is 1. The van der Waals surface area contributed by atoms with Crippen LogP contribution in [0.5, 0.6) is 0 Å². The molecule has 0 aromatic heterocycles. The van der Waals surface area contributed by atoms with Crippen LogP contribution < -0.4 is 4.90 Å². The van der Waals surface area contributed by atoms with E-state index in [9.17, 15) is 4.79 Å². The summed E-state index contributed by atoms with van der Waals surface area (Å²) in [5.74, 6) is 0.00574. The van der Waals surface area contributed by atoms with Crippen molar-refractivity contribution in [2.45, 2.75) is 5.60 Å². The Kier molecular flexibility index (Phi) is 2.47. The molecule has 3 rings (SSSR count). The molecule has 2 aliphatic rings. The first-order chi connectivity index (χ1) is 8.04. The summed E-state index contributed by atoms with van der Waals surface area (Å²) in [5.41, 5.74) is 1.14. The Bertz CT molecular complexity index is 537. The van der Waals surface area contributed by atoms with E-state index in [1.165, 1.54) is 0 Å². The summed E-state index contributed by atoms with van der Waals surface area (Å²) in [6, 6.07) is 5.82. The van der Waals surface area contributed by atoms with Crippen LogP contribution in [0.1, 0.15) is 5.56 Å². The zero-order chi connectivity index (χ0) is 12.2. The number of rotatable bonds is 2. The van der Waals surface area contributed by atoms with E-state index in [1.807, 2.05) is 18.2 Å². The van der Waals surface area contributed by atoms with E-state index in [4.69, 9.17) is 4.74 Å². The summed E-state index contributed by atoms with van der Waals surface area (Å²) in [7, 11) is 0. The average Bonchev–Trinajstić information content (AvgIpc) is 3.02. The highest BCUT2D eigenvalue weighted by molar-refractivity contribution is 9.11. The minimum absolute atomic E-state index is 0.00574. The normalized spacial score (nSPS) is 25.3. The molecule has 0 N–H and O–H groups in total. The van der Waals surface area contributed by atoms with Crippen molar-refractivity contribution in [3.8, 4) is 0 Å². The highest BCUT2D eigenvalue weighted by Crippen LogP contribution is 2.51. The Morgan fingerprint density at radius 3 is 2.88 bits per heavy atom. The quantitative estimate of drug-likeness (QED) is 0.761. The molecule has 2 aliphatic heterocycles. The lowest BCUT2D eigenvalue weighted by molar-refractivity contribution is -0.122. The van der Waals surface area contributed by atoms with Crippen molar-refractivity contribution in [1.82, 2.24) is 0 Å². The summed E-state index contributed by atoms with van der Waals surface area (Å²) in [5, 5.41) is 0. The van der Waals surface area contributed by atoms with E-state index < -0.39 is 5.60 Å². The fourth-order valence-corrected chi connectivity index (χ4v) is 2.80. The second kappa shape index (κ2) is 3.67. The fraction of sp³-hybridized carbons (Fsp3) is 0.250. The van der Waals surface area contributed by atoms with Crippen LogP contribution in [-0.4, -0.2) is 19.1 Å². The topological polar surface area (TPSA) is 32.8 Å². The Balaban J connectivity index is 2.11. The third-order valence-corrected chi connectivity index (χ3v) is 3.78. The highest BCUT2D eigenvalue weighted by atomic mass is 79.9. The molecule has 1 spiro atoms. The van der Waals surface area contributed by atoms with Gasteiger partial charge in [-0.2, -0.15) is 0 Å². The number of amides is 1. The number of halogens is 2. The predicted molar refractivity (Wildman–Crippen MR) is 72.2 cm³/mol. The molecule has 0 radical (unpaired) electrons. The van der Waals surface area contributed by atoms with Gasteiger partial charge in [0.25, 0.3) is 5.91 Å². The fourth-order valence-electron chi connectivity index (χ4n) is 2.19. The maximum atomic E-state index is 12.3. The molecule has 1 atom stereocenters. The van der Waals surface area contributed by atoms with Crippen LogP contribution in [0.2, 0.25) is 0 Å². The van der Waals surface area contributed by atoms with E-state index in [-0.39, 0.29) is 5.91 Å². The van der Waals surface area contributed by atoms with Gasteiger partial charge in [0.15, 0.2) is 5.60 Å². The minimum atomic E-state index is -0.721. The van der Waals surface area contributed by atoms with Crippen LogP contribution in [0.25, 0.3) is 0 Å². The number of anilines is 1. The molecule has 1 aromatic rings. The van der Waals surface area contributed by atoms with Gasteiger partial charge in [0.05, 0.1) is 18.8 Å². The van der Waals surface area contributed by atoms with Gasteiger partial charge in [-0.25, -0.2) is 0 Å². The second-order valence-corrected chi connectivity index (χ2v) is 6.22. The number of carbonyl (C=O) groups excluding carboxylic acids is 1. The van der Waals surface area contributed by atoms with E-state index in [0.29, 0.717) is 13.2 Å². The van der Waals surface area contributed by atoms with Crippen LogP contribution in [-0.2, 0) is 15.1 Å². The molecule has 0 saturated carbocycles. The van der Waals surface area contributed by atoms with Crippen LogP contribution in [0.4, 0.5) is 5.69 Å². The molecule has 1 unspecified atom stereocenters. The lowest BCUT2D eigenvalue weighted by Crippen LogP contribution is -2.33. The van der Waals surface area contributed by atoms with Crippen LogP contribution in [0.15, 0.2) is 33.7 Å². The van der Waals surface area contributed by atoms with Crippen LogP contribution >= 0.6 is 31.9 Å². The van der Waals surface area contributed by atoms with Gasteiger partial charge in [-0.15, -0.1) is 0 Å². The monoisotopic (exact) mass is 357 g/mol. The van der Waals surface area contributed by atoms with E-state index in [1.54, 1.807) is 4.90 Å². The summed E-state index contributed by atoms with van der Waals surface area (Å²) >= 11 is 6.72. The molecule has 0 aliphatic carbocycles. The molecule has 5 heteroatoms. The van der Waals surface area contributed by atoms with Crippen molar-refractivity contribution >= 4 is 43.5 Å². The number of benzene rings is 1. The predicted octanol–water partition coefficient (Wildman–Crippen LogP) is 2.93. The maximum absolute atomic E-state index is 12.3. The maximum Gasteiger partial charge on any atom is 0.266 e. The smallest absolute Gasteiger partial charge is 0.266 e. The van der Waals surface area contributed by atoms with Crippen molar-refractivity contribution in [3.05, 3.63) is 39.3 Å². The van der Waals surface area contributed by atoms with Gasteiger partial charge in [-0.1, -0.05) is 38.4 Å². The third-order valence-electron chi connectivity index (χ3n) is 3.04. The Labute approximate surface area is 116 Å².